The first-order chi connectivity index (χ1) is 7.63. The lowest BCUT2D eigenvalue weighted by molar-refractivity contribution is 0.629. The molecular formula is C13H17FN2. The minimum atomic E-state index is -0.181. The third kappa shape index (κ3) is 1.83. The Labute approximate surface area is 94.9 Å². The smallest absolute Gasteiger partial charge is 0.123 e. The molecule has 0 aliphatic carbocycles. The maximum atomic E-state index is 13.2. The topological polar surface area (TPSA) is 27.8 Å². The van der Waals surface area contributed by atoms with Crippen molar-refractivity contribution >= 4 is 10.9 Å². The fourth-order valence-electron chi connectivity index (χ4n) is 2.10. The Morgan fingerprint density at radius 1 is 1.38 bits per heavy atom. The molecule has 0 saturated heterocycles. The molecule has 0 bridgehead atoms. The van der Waals surface area contributed by atoms with Crippen LogP contribution in [-0.2, 0) is 6.54 Å². The van der Waals surface area contributed by atoms with Crippen LogP contribution in [-0.4, -0.2) is 12.0 Å². The van der Waals surface area contributed by atoms with Crippen LogP contribution in [0, 0.1) is 5.82 Å². The van der Waals surface area contributed by atoms with Crippen molar-refractivity contribution in [2.24, 2.45) is 0 Å². The summed E-state index contributed by atoms with van der Waals surface area (Å²) >= 11 is 0. The Morgan fingerprint density at radius 3 is 2.75 bits per heavy atom. The lowest BCUT2D eigenvalue weighted by Gasteiger charge is -2.06. The molecule has 0 unspecified atom stereocenters. The quantitative estimate of drug-likeness (QED) is 0.817. The SMILES string of the molecule is CNCc1c(C(C)C)[nH]c2ccc(F)cc12. The molecule has 16 heavy (non-hydrogen) atoms. The zero-order chi connectivity index (χ0) is 11.7. The lowest BCUT2D eigenvalue weighted by Crippen LogP contribution is -2.07. The predicted molar refractivity (Wildman–Crippen MR) is 65.1 cm³/mol. The summed E-state index contributed by atoms with van der Waals surface area (Å²) in [5, 5.41) is 4.12. The number of benzene rings is 1. The summed E-state index contributed by atoms with van der Waals surface area (Å²) in [5.74, 6) is 0.234. The largest absolute Gasteiger partial charge is 0.358 e. The zero-order valence-corrected chi connectivity index (χ0v) is 9.89. The molecule has 0 atom stereocenters. The number of aromatic amines is 1. The van der Waals surface area contributed by atoms with Gasteiger partial charge in [-0.15, -0.1) is 0 Å². The molecule has 0 radical (unpaired) electrons. The number of aromatic nitrogens is 1. The highest BCUT2D eigenvalue weighted by atomic mass is 19.1. The van der Waals surface area contributed by atoms with Gasteiger partial charge in [-0.25, -0.2) is 4.39 Å². The summed E-state index contributed by atoms with van der Waals surface area (Å²) in [4.78, 5) is 3.37. The minimum Gasteiger partial charge on any atom is -0.358 e. The van der Waals surface area contributed by atoms with E-state index < -0.39 is 0 Å². The molecule has 1 aromatic carbocycles. The van der Waals surface area contributed by atoms with E-state index in [9.17, 15) is 4.39 Å². The molecule has 0 saturated carbocycles. The second-order valence-electron chi connectivity index (χ2n) is 4.39. The molecule has 2 nitrogen and oxygen atoms in total. The molecule has 1 heterocycles. The number of hydrogen-bond acceptors (Lipinski definition) is 1. The van der Waals surface area contributed by atoms with Gasteiger partial charge in [0.25, 0.3) is 0 Å². The summed E-state index contributed by atoms with van der Waals surface area (Å²) in [6.07, 6.45) is 0. The van der Waals surface area contributed by atoms with E-state index in [0.717, 1.165) is 17.4 Å². The van der Waals surface area contributed by atoms with Crippen LogP contribution in [0.15, 0.2) is 18.2 Å². The molecule has 0 aliphatic heterocycles. The van der Waals surface area contributed by atoms with Gasteiger partial charge in [0.1, 0.15) is 5.82 Å². The van der Waals surface area contributed by atoms with Gasteiger partial charge in [-0.1, -0.05) is 13.8 Å². The molecule has 2 N–H and O–H groups in total. The second-order valence-corrected chi connectivity index (χ2v) is 4.39. The number of H-pyrrole nitrogens is 1. The summed E-state index contributed by atoms with van der Waals surface area (Å²) in [6, 6.07) is 4.90. The summed E-state index contributed by atoms with van der Waals surface area (Å²) in [6.45, 7) is 5.04. The van der Waals surface area contributed by atoms with Gasteiger partial charge in [-0.2, -0.15) is 0 Å². The van der Waals surface area contributed by atoms with E-state index in [0.29, 0.717) is 5.92 Å². The fraction of sp³-hybridized carbons (Fsp3) is 0.385. The van der Waals surface area contributed by atoms with E-state index in [1.165, 1.54) is 17.3 Å². The van der Waals surface area contributed by atoms with Crippen molar-refractivity contribution in [2.45, 2.75) is 26.3 Å². The summed E-state index contributed by atoms with van der Waals surface area (Å²) in [5.41, 5.74) is 3.37. The molecule has 1 aromatic heterocycles. The Balaban J connectivity index is 2.67. The predicted octanol–water partition coefficient (Wildman–Crippen LogP) is 3.15. The molecule has 0 aliphatic rings. The standard InChI is InChI=1S/C13H17FN2/c1-8(2)13-11(7-15-3)10-6-9(14)4-5-12(10)16-13/h4-6,8,15-16H,7H2,1-3H3. The van der Waals surface area contributed by atoms with Gasteiger partial charge >= 0.3 is 0 Å². The summed E-state index contributed by atoms with van der Waals surface area (Å²) in [7, 11) is 1.90. The van der Waals surface area contributed by atoms with Crippen molar-refractivity contribution in [3.63, 3.8) is 0 Å². The molecule has 0 spiro atoms. The average molecular weight is 220 g/mol. The van der Waals surface area contributed by atoms with Gasteiger partial charge in [-0.05, 0) is 36.7 Å². The van der Waals surface area contributed by atoms with E-state index in [4.69, 9.17) is 0 Å². The first kappa shape index (κ1) is 11.1. The van der Waals surface area contributed by atoms with Crippen molar-refractivity contribution in [3.8, 4) is 0 Å². The first-order valence-corrected chi connectivity index (χ1v) is 5.58. The number of fused-ring (bicyclic) bond motifs is 1. The van der Waals surface area contributed by atoms with E-state index in [1.807, 2.05) is 7.05 Å². The number of halogens is 1. The normalized spacial score (nSPS) is 11.6. The maximum Gasteiger partial charge on any atom is 0.123 e. The highest BCUT2D eigenvalue weighted by Gasteiger charge is 2.13. The fourth-order valence-corrected chi connectivity index (χ4v) is 2.10. The number of nitrogens with one attached hydrogen (secondary N) is 2. The highest BCUT2D eigenvalue weighted by Crippen LogP contribution is 2.28. The molecule has 86 valence electrons. The van der Waals surface area contributed by atoms with Gasteiger partial charge in [-0.3, -0.25) is 0 Å². The average Bonchev–Trinajstić information content (AvgIpc) is 2.58. The van der Waals surface area contributed by atoms with Crippen LogP contribution in [0.2, 0.25) is 0 Å². The number of hydrogen-bond donors (Lipinski definition) is 2. The van der Waals surface area contributed by atoms with Gasteiger partial charge in [0, 0.05) is 23.1 Å². The van der Waals surface area contributed by atoms with Gasteiger partial charge in [0.15, 0.2) is 0 Å². The maximum absolute atomic E-state index is 13.2. The zero-order valence-electron chi connectivity index (χ0n) is 9.89. The second kappa shape index (κ2) is 4.26. The van der Waals surface area contributed by atoms with Crippen molar-refractivity contribution in [2.75, 3.05) is 7.05 Å². The molecular weight excluding hydrogens is 203 g/mol. The Bertz CT molecular complexity index is 500. The molecule has 2 rings (SSSR count). The summed E-state index contributed by atoms with van der Waals surface area (Å²) < 4.78 is 13.2. The van der Waals surface area contributed by atoms with Crippen LogP contribution in [0.25, 0.3) is 10.9 Å². The van der Waals surface area contributed by atoms with E-state index >= 15 is 0 Å². The van der Waals surface area contributed by atoms with E-state index in [1.54, 1.807) is 12.1 Å². The Morgan fingerprint density at radius 2 is 2.12 bits per heavy atom. The molecule has 2 aromatic rings. The first-order valence-electron chi connectivity index (χ1n) is 5.58. The van der Waals surface area contributed by atoms with Crippen LogP contribution in [0.5, 0.6) is 0 Å². The van der Waals surface area contributed by atoms with Crippen molar-refractivity contribution in [1.82, 2.24) is 10.3 Å². The monoisotopic (exact) mass is 220 g/mol. The van der Waals surface area contributed by atoms with Gasteiger partial charge in [0.2, 0.25) is 0 Å². The van der Waals surface area contributed by atoms with Crippen molar-refractivity contribution in [1.29, 1.82) is 0 Å². The van der Waals surface area contributed by atoms with Crippen LogP contribution in [0.1, 0.15) is 31.0 Å². The van der Waals surface area contributed by atoms with Crippen LogP contribution < -0.4 is 5.32 Å². The van der Waals surface area contributed by atoms with E-state index in [2.05, 4.69) is 24.1 Å². The third-order valence-electron chi connectivity index (χ3n) is 2.83. The minimum absolute atomic E-state index is 0.181. The lowest BCUT2D eigenvalue weighted by atomic mass is 10.0. The molecule has 3 heteroatoms. The third-order valence-corrected chi connectivity index (χ3v) is 2.83. The van der Waals surface area contributed by atoms with Crippen molar-refractivity contribution in [3.05, 3.63) is 35.3 Å². The highest BCUT2D eigenvalue weighted by molar-refractivity contribution is 5.84. The van der Waals surface area contributed by atoms with Crippen LogP contribution in [0.4, 0.5) is 4.39 Å². The van der Waals surface area contributed by atoms with Crippen LogP contribution >= 0.6 is 0 Å². The Kier molecular flexibility index (Phi) is 2.97. The number of rotatable bonds is 3. The van der Waals surface area contributed by atoms with Crippen LogP contribution in [0.3, 0.4) is 0 Å². The van der Waals surface area contributed by atoms with E-state index in [-0.39, 0.29) is 5.82 Å². The van der Waals surface area contributed by atoms with Gasteiger partial charge < -0.3 is 10.3 Å². The van der Waals surface area contributed by atoms with Crippen molar-refractivity contribution < 1.29 is 4.39 Å². The van der Waals surface area contributed by atoms with Gasteiger partial charge in [0.05, 0.1) is 0 Å². The molecule has 0 amide bonds. The molecule has 0 fully saturated rings. The Hall–Kier alpha value is -1.35.